The number of hydrogen-bond donors (Lipinski definition) is 2. The molecule has 3 nitrogen and oxygen atoms in total. The van der Waals surface area contributed by atoms with Gasteiger partial charge in [0.2, 0.25) is 0 Å². The van der Waals surface area contributed by atoms with Crippen molar-refractivity contribution < 1.29 is 9.84 Å². The lowest BCUT2D eigenvalue weighted by atomic mass is 9.97. The van der Waals surface area contributed by atoms with Crippen molar-refractivity contribution in [2.45, 2.75) is 31.7 Å². The number of piperidine rings is 1. The zero-order chi connectivity index (χ0) is 12.3. The molecule has 2 rings (SSSR count). The van der Waals surface area contributed by atoms with E-state index in [1.807, 2.05) is 6.07 Å². The number of ether oxygens (including phenoxy) is 1. The average Bonchev–Trinajstić information content (AvgIpc) is 2.36. The molecule has 1 aromatic rings. The minimum Gasteiger partial charge on any atom is -0.504 e. The van der Waals surface area contributed by atoms with Gasteiger partial charge in [-0.05, 0) is 37.9 Å². The van der Waals surface area contributed by atoms with Crippen molar-refractivity contribution >= 4 is 15.9 Å². The van der Waals surface area contributed by atoms with Crippen LogP contribution in [-0.4, -0.2) is 24.8 Å². The van der Waals surface area contributed by atoms with Crippen molar-refractivity contribution in [3.8, 4) is 11.5 Å². The number of aromatic hydroxyl groups is 1. The highest BCUT2D eigenvalue weighted by Crippen LogP contribution is 2.36. The first-order valence-corrected chi connectivity index (χ1v) is 6.79. The summed E-state index contributed by atoms with van der Waals surface area (Å²) >= 11 is 3.49. The highest BCUT2D eigenvalue weighted by Gasteiger charge is 2.18. The van der Waals surface area contributed by atoms with Crippen LogP contribution < -0.4 is 10.1 Å². The molecule has 0 aliphatic carbocycles. The van der Waals surface area contributed by atoms with E-state index in [2.05, 4.69) is 21.2 Å². The summed E-state index contributed by atoms with van der Waals surface area (Å²) < 4.78 is 6.09. The standard InChI is InChI=1S/C13H18BrNO2/c1-17-12-6-5-11(14)10(13(12)16)8-9-4-2-3-7-15-9/h5-6,9,15-16H,2-4,7-8H2,1H3. The van der Waals surface area contributed by atoms with Gasteiger partial charge >= 0.3 is 0 Å². The zero-order valence-corrected chi connectivity index (χ0v) is 11.6. The number of hydrogen-bond acceptors (Lipinski definition) is 3. The summed E-state index contributed by atoms with van der Waals surface area (Å²) in [6.07, 6.45) is 4.52. The molecule has 1 aromatic carbocycles. The second kappa shape index (κ2) is 5.74. The van der Waals surface area contributed by atoms with Crippen LogP contribution in [0.15, 0.2) is 16.6 Å². The molecule has 1 fully saturated rings. The molecule has 0 aromatic heterocycles. The van der Waals surface area contributed by atoms with Crippen LogP contribution in [0.2, 0.25) is 0 Å². The Morgan fingerprint density at radius 3 is 2.94 bits per heavy atom. The molecular formula is C13H18BrNO2. The molecule has 0 radical (unpaired) electrons. The van der Waals surface area contributed by atoms with Gasteiger partial charge in [-0.2, -0.15) is 0 Å². The third kappa shape index (κ3) is 2.93. The monoisotopic (exact) mass is 299 g/mol. The van der Waals surface area contributed by atoms with Crippen LogP contribution in [-0.2, 0) is 6.42 Å². The molecule has 0 spiro atoms. The average molecular weight is 300 g/mol. The molecule has 4 heteroatoms. The SMILES string of the molecule is COc1ccc(Br)c(CC2CCCCN2)c1O. The van der Waals surface area contributed by atoms with Gasteiger partial charge in [-0.25, -0.2) is 0 Å². The van der Waals surface area contributed by atoms with E-state index in [9.17, 15) is 5.11 Å². The number of phenols is 1. The maximum absolute atomic E-state index is 10.1. The third-order valence-corrected chi connectivity index (χ3v) is 4.01. The van der Waals surface area contributed by atoms with Crippen LogP contribution in [0.5, 0.6) is 11.5 Å². The lowest BCUT2D eigenvalue weighted by Gasteiger charge is -2.24. The van der Waals surface area contributed by atoms with Gasteiger partial charge in [-0.1, -0.05) is 22.4 Å². The fraction of sp³-hybridized carbons (Fsp3) is 0.538. The largest absolute Gasteiger partial charge is 0.504 e. The van der Waals surface area contributed by atoms with Crippen LogP contribution in [0.3, 0.4) is 0 Å². The Kier molecular flexibility index (Phi) is 4.29. The molecule has 94 valence electrons. The summed E-state index contributed by atoms with van der Waals surface area (Å²) in [6.45, 7) is 1.08. The number of rotatable bonds is 3. The van der Waals surface area contributed by atoms with Gasteiger partial charge < -0.3 is 15.2 Å². The van der Waals surface area contributed by atoms with Crippen molar-refractivity contribution in [2.75, 3.05) is 13.7 Å². The van der Waals surface area contributed by atoms with Crippen LogP contribution in [0.1, 0.15) is 24.8 Å². The van der Waals surface area contributed by atoms with Crippen molar-refractivity contribution in [2.24, 2.45) is 0 Å². The van der Waals surface area contributed by atoms with E-state index in [0.717, 1.165) is 23.0 Å². The first kappa shape index (κ1) is 12.7. The Labute approximate surface area is 110 Å². The summed E-state index contributed by atoms with van der Waals surface area (Å²) in [4.78, 5) is 0. The highest BCUT2D eigenvalue weighted by atomic mass is 79.9. The molecule has 1 heterocycles. The second-order valence-corrected chi connectivity index (χ2v) is 5.28. The third-order valence-electron chi connectivity index (χ3n) is 3.27. The minimum atomic E-state index is 0.259. The number of methoxy groups -OCH3 is 1. The van der Waals surface area contributed by atoms with Crippen LogP contribution >= 0.6 is 15.9 Å². The lowest BCUT2D eigenvalue weighted by Crippen LogP contribution is -2.35. The lowest BCUT2D eigenvalue weighted by molar-refractivity contribution is 0.362. The van der Waals surface area contributed by atoms with Gasteiger partial charge in [0.05, 0.1) is 7.11 Å². The molecule has 2 N–H and O–H groups in total. The van der Waals surface area contributed by atoms with Crippen LogP contribution in [0.4, 0.5) is 0 Å². The van der Waals surface area contributed by atoms with Crippen molar-refractivity contribution in [1.82, 2.24) is 5.32 Å². The first-order valence-electron chi connectivity index (χ1n) is 6.00. The van der Waals surface area contributed by atoms with Gasteiger partial charge in [0.1, 0.15) is 0 Å². The quantitative estimate of drug-likeness (QED) is 0.902. The van der Waals surface area contributed by atoms with E-state index in [1.165, 1.54) is 19.3 Å². The van der Waals surface area contributed by atoms with E-state index in [-0.39, 0.29) is 5.75 Å². The molecule has 0 saturated carbocycles. The smallest absolute Gasteiger partial charge is 0.162 e. The Bertz CT molecular complexity index is 389. The summed E-state index contributed by atoms with van der Waals surface area (Å²) in [6, 6.07) is 4.16. The van der Waals surface area contributed by atoms with Gasteiger partial charge in [0.15, 0.2) is 11.5 Å². The van der Waals surface area contributed by atoms with E-state index in [4.69, 9.17) is 4.74 Å². The normalized spacial score (nSPS) is 20.2. The van der Waals surface area contributed by atoms with E-state index >= 15 is 0 Å². The predicted molar refractivity (Wildman–Crippen MR) is 71.7 cm³/mol. The summed E-state index contributed by atoms with van der Waals surface area (Å²) in [7, 11) is 1.57. The fourth-order valence-electron chi connectivity index (χ4n) is 2.29. The Morgan fingerprint density at radius 1 is 1.47 bits per heavy atom. The van der Waals surface area contributed by atoms with E-state index in [1.54, 1.807) is 13.2 Å². The number of halogens is 1. The summed E-state index contributed by atoms with van der Waals surface area (Å²) in [5.74, 6) is 0.799. The zero-order valence-electron chi connectivity index (χ0n) is 10.0. The van der Waals surface area contributed by atoms with Gasteiger partial charge in [0.25, 0.3) is 0 Å². The topological polar surface area (TPSA) is 41.5 Å². The molecule has 1 aliphatic heterocycles. The highest BCUT2D eigenvalue weighted by molar-refractivity contribution is 9.10. The van der Waals surface area contributed by atoms with Gasteiger partial charge in [-0.15, -0.1) is 0 Å². The van der Waals surface area contributed by atoms with Crippen molar-refractivity contribution in [3.63, 3.8) is 0 Å². The molecular weight excluding hydrogens is 282 g/mol. The maximum Gasteiger partial charge on any atom is 0.162 e. The number of benzene rings is 1. The molecule has 0 amide bonds. The van der Waals surface area contributed by atoms with E-state index < -0.39 is 0 Å². The Morgan fingerprint density at radius 2 is 2.29 bits per heavy atom. The van der Waals surface area contributed by atoms with Crippen LogP contribution in [0, 0.1) is 0 Å². The van der Waals surface area contributed by atoms with Gasteiger partial charge in [0, 0.05) is 16.1 Å². The molecule has 1 atom stereocenters. The minimum absolute atomic E-state index is 0.259. The Hall–Kier alpha value is -0.740. The first-order chi connectivity index (χ1) is 8.22. The molecule has 1 aliphatic rings. The number of nitrogens with one attached hydrogen (secondary N) is 1. The van der Waals surface area contributed by atoms with E-state index in [0.29, 0.717) is 11.8 Å². The van der Waals surface area contributed by atoms with Crippen molar-refractivity contribution in [3.05, 3.63) is 22.2 Å². The second-order valence-electron chi connectivity index (χ2n) is 4.43. The Balaban J connectivity index is 2.18. The molecule has 1 saturated heterocycles. The maximum atomic E-state index is 10.1. The van der Waals surface area contributed by atoms with Gasteiger partial charge in [-0.3, -0.25) is 0 Å². The fourth-order valence-corrected chi connectivity index (χ4v) is 2.78. The summed E-state index contributed by atoms with van der Waals surface area (Å²) in [5, 5.41) is 13.6. The number of phenolic OH excluding ortho intramolecular Hbond substituents is 1. The summed E-state index contributed by atoms with van der Waals surface area (Å²) in [5.41, 5.74) is 0.934. The predicted octanol–water partition coefficient (Wildman–Crippen LogP) is 2.85. The molecule has 1 unspecified atom stereocenters. The molecule has 17 heavy (non-hydrogen) atoms. The van der Waals surface area contributed by atoms with Crippen LogP contribution in [0.25, 0.3) is 0 Å². The molecule has 0 bridgehead atoms. The van der Waals surface area contributed by atoms with Crippen molar-refractivity contribution in [1.29, 1.82) is 0 Å².